The average molecular weight is 518 g/mol. The molecule has 6 rings (SSSR count). The van der Waals surface area contributed by atoms with Gasteiger partial charge in [0.15, 0.2) is 0 Å². The minimum absolute atomic E-state index is 0.272. The fourth-order valence-electron chi connectivity index (χ4n) is 5.25. The molecule has 192 valence electrons. The van der Waals surface area contributed by atoms with E-state index in [1.54, 1.807) is 12.3 Å². The molecule has 7 heteroatoms. The molecule has 0 saturated carbocycles. The fraction of sp³-hybridized carbons (Fsp3) is 0.0938. The van der Waals surface area contributed by atoms with E-state index in [1.165, 1.54) is 12.1 Å². The van der Waals surface area contributed by atoms with E-state index in [-0.39, 0.29) is 11.6 Å². The van der Waals surface area contributed by atoms with E-state index in [1.807, 2.05) is 68.6 Å². The van der Waals surface area contributed by atoms with Gasteiger partial charge in [-0.1, -0.05) is 59.8 Å². The second-order valence-electron chi connectivity index (χ2n) is 9.45. The highest BCUT2D eigenvalue weighted by molar-refractivity contribution is 5.99. The molecule has 0 amide bonds. The van der Waals surface area contributed by atoms with Crippen molar-refractivity contribution in [2.45, 2.75) is 19.9 Å². The lowest BCUT2D eigenvalue weighted by Gasteiger charge is -2.21. The number of hydrogen-bond acceptors (Lipinski definition) is 4. The first kappa shape index (κ1) is 24.3. The Morgan fingerprint density at radius 3 is 2.38 bits per heavy atom. The van der Waals surface area contributed by atoms with E-state index >= 15 is 0 Å². The molecular weight excluding hydrogens is 493 g/mol. The Hall–Kier alpha value is -5.04. The Morgan fingerprint density at radius 1 is 0.949 bits per heavy atom. The molecule has 0 aliphatic heterocycles. The standard InChI is InChI=1S/C32H24FN3O3/c1-19-30(20(2)39-35-19)23-12-13-24-26(22-11-14-25(32(37)38)27(33)16-22)18-36(29(24)17-23)31(21-8-4-3-5-9-21)28-10-6-7-15-34-28/h3-18,31H,1-2H3,(H,37,38). The molecular formula is C32H24FN3O3. The van der Waals surface area contributed by atoms with Crippen LogP contribution in [0.5, 0.6) is 0 Å². The van der Waals surface area contributed by atoms with Crippen molar-refractivity contribution in [1.82, 2.24) is 14.7 Å². The normalized spacial score (nSPS) is 12.1. The van der Waals surface area contributed by atoms with Gasteiger partial charge in [0.2, 0.25) is 0 Å². The van der Waals surface area contributed by atoms with Gasteiger partial charge >= 0.3 is 5.97 Å². The Balaban J connectivity index is 1.65. The first-order chi connectivity index (χ1) is 18.9. The van der Waals surface area contributed by atoms with Crippen LogP contribution in [0.4, 0.5) is 4.39 Å². The molecule has 1 unspecified atom stereocenters. The van der Waals surface area contributed by atoms with Crippen LogP contribution >= 0.6 is 0 Å². The fourth-order valence-corrected chi connectivity index (χ4v) is 5.25. The van der Waals surface area contributed by atoms with Crippen LogP contribution in [0.25, 0.3) is 33.2 Å². The molecule has 39 heavy (non-hydrogen) atoms. The van der Waals surface area contributed by atoms with Crippen LogP contribution in [0.3, 0.4) is 0 Å². The minimum Gasteiger partial charge on any atom is -0.478 e. The molecule has 0 radical (unpaired) electrons. The molecule has 0 fully saturated rings. The van der Waals surface area contributed by atoms with E-state index in [0.29, 0.717) is 5.56 Å². The van der Waals surface area contributed by atoms with Gasteiger partial charge in [-0.25, -0.2) is 9.18 Å². The third-order valence-corrected chi connectivity index (χ3v) is 7.03. The van der Waals surface area contributed by atoms with Gasteiger partial charge in [-0.05, 0) is 60.9 Å². The molecule has 0 aliphatic carbocycles. The Bertz CT molecular complexity index is 1770. The van der Waals surface area contributed by atoms with E-state index in [0.717, 1.165) is 50.3 Å². The average Bonchev–Trinajstić information content (AvgIpc) is 3.48. The van der Waals surface area contributed by atoms with Crippen molar-refractivity contribution in [2.24, 2.45) is 0 Å². The van der Waals surface area contributed by atoms with Gasteiger partial charge in [0.25, 0.3) is 0 Å². The van der Waals surface area contributed by atoms with E-state index in [2.05, 4.69) is 27.9 Å². The first-order valence-corrected chi connectivity index (χ1v) is 12.5. The van der Waals surface area contributed by atoms with E-state index in [4.69, 9.17) is 9.51 Å². The van der Waals surface area contributed by atoms with Crippen LogP contribution in [-0.4, -0.2) is 25.8 Å². The number of carboxylic acid groups (broad SMARTS) is 1. The first-order valence-electron chi connectivity index (χ1n) is 12.5. The molecule has 3 aromatic heterocycles. The lowest BCUT2D eigenvalue weighted by molar-refractivity contribution is 0.0692. The number of fused-ring (bicyclic) bond motifs is 1. The summed E-state index contributed by atoms with van der Waals surface area (Å²) >= 11 is 0. The highest BCUT2D eigenvalue weighted by Crippen LogP contribution is 2.39. The molecule has 6 nitrogen and oxygen atoms in total. The second kappa shape index (κ2) is 9.68. The number of aryl methyl sites for hydroxylation is 2. The number of carbonyl (C=O) groups is 1. The predicted molar refractivity (Wildman–Crippen MR) is 147 cm³/mol. The summed E-state index contributed by atoms with van der Waals surface area (Å²) < 4.78 is 22.4. The minimum atomic E-state index is -1.30. The summed E-state index contributed by atoms with van der Waals surface area (Å²) in [7, 11) is 0. The van der Waals surface area contributed by atoms with Crippen LogP contribution in [0, 0.1) is 19.7 Å². The summed E-state index contributed by atoms with van der Waals surface area (Å²) in [5.41, 5.74) is 6.46. The van der Waals surface area contributed by atoms with Gasteiger partial charge < -0.3 is 14.2 Å². The SMILES string of the molecule is Cc1noc(C)c1-c1ccc2c(-c3ccc(C(=O)O)c(F)c3)cn(C(c3ccccc3)c3ccccn3)c2c1. The molecule has 1 atom stereocenters. The molecule has 6 aromatic rings. The van der Waals surface area contributed by atoms with Crippen LogP contribution < -0.4 is 0 Å². The van der Waals surface area contributed by atoms with Gasteiger partial charge in [0.05, 0.1) is 22.5 Å². The molecule has 3 aromatic carbocycles. The van der Waals surface area contributed by atoms with Gasteiger partial charge in [-0.3, -0.25) is 4.98 Å². The topological polar surface area (TPSA) is 81.1 Å². The van der Waals surface area contributed by atoms with Crippen molar-refractivity contribution in [3.8, 4) is 22.3 Å². The zero-order valence-electron chi connectivity index (χ0n) is 21.3. The lowest BCUT2D eigenvalue weighted by Crippen LogP contribution is -2.12. The number of hydrogen-bond donors (Lipinski definition) is 1. The third kappa shape index (κ3) is 4.28. The third-order valence-electron chi connectivity index (χ3n) is 7.03. The summed E-state index contributed by atoms with van der Waals surface area (Å²) in [5, 5.41) is 14.4. The van der Waals surface area contributed by atoms with Gasteiger partial charge in [-0.2, -0.15) is 0 Å². The van der Waals surface area contributed by atoms with Crippen LogP contribution in [0.1, 0.15) is 39.1 Å². The smallest absolute Gasteiger partial charge is 0.338 e. The quantitative estimate of drug-likeness (QED) is 0.248. The zero-order chi connectivity index (χ0) is 27.1. The summed E-state index contributed by atoms with van der Waals surface area (Å²) in [6.45, 7) is 3.80. The summed E-state index contributed by atoms with van der Waals surface area (Å²) in [5.74, 6) is -1.36. The van der Waals surface area contributed by atoms with Crippen molar-refractivity contribution in [3.05, 3.63) is 131 Å². The second-order valence-corrected chi connectivity index (χ2v) is 9.45. The van der Waals surface area contributed by atoms with Gasteiger partial charge in [0.1, 0.15) is 17.6 Å². The maximum Gasteiger partial charge on any atom is 0.338 e. The van der Waals surface area contributed by atoms with Crippen LogP contribution in [-0.2, 0) is 0 Å². The number of halogens is 1. The number of carboxylic acids is 1. The monoisotopic (exact) mass is 517 g/mol. The number of nitrogens with zero attached hydrogens (tertiary/aromatic N) is 3. The van der Waals surface area contributed by atoms with Gasteiger partial charge in [0, 0.05) is 28.9 Å². The van der Waals surface area contributed by atoms with Crippen molar-refractivity contribution in [2.75, 3.05) is 0 Å². The Kier molecular flexibility index (Phi) is 6.04. The number of aromatic nitrogens is 3. The number of aromatic carboxylic acids is 1. The largest absolute Gasteiger partial charge is 0.478 e. The highest BCUT2D eigenvalue weighted by atomic mass is 19.1. The summed E-state index contributed by atoms with van der Waals surface area (Å²) in [4.78, 5) is 16.1. The van der Waals surface area contributed by atoms with E-state index < -0.39 is 11.8 Å². The number of benzene rings is 3. The molecule has 0 spiro atoms. The predicted octanol–water partition coefficient (Wildman–Crippen LogP) is 7.45. The van der Waals surface area contributed by atoms with Crippen molar-refractivity contribution >= 4 is 16.9 Å². The molecule has 0 bridgehead atoms. The summed E-state index contributed by atoms with van der Waals surface area (Å²) in [6, 6.07) is 26.0. The van der Waals surface area contributed by atoms with Crippen LogP contribution in [0.15, 0.2) is 102 Å². The highest BCUT2D eigenvalue weighted by Gasteiger charge is 2.23. The number of rotatable bonds is 6. The van der Waals surface area contributed by atoms with Crippen molar-refractivity contribution in [1.29, 1.82) is 0 Å². The maximum atomic E-state index is 14.8. The molecule has 3 heterocycles. The number of pyridine rings is 1. The molecule has 1 N–H and O–H groups in total. The maximum absolute atomic E-state index is 14.8. The summed E-state index contributed by atoms with van der Waals surface area (Å²) in [6.07, 6.45) is 3.76. The molecule has 0 aliphatic rings. The van der Waals surface area contributed by atoms with Gasteiger partial charge in [-0.15, -0.1) is 0 Å². The Morgan fingerprint density at radius 2 is 1.72 bits per heavy atom. The van der Waals surface area contributed by atoms with E-state index in [9.17, 15) is 14.3 Å². The van der Waals surface area contributed by atoms with Crippen molar-refractivity contribution in [3.63, 3.8) is 0 Å². The van der Waals surface area contributed by atoms with Crippen molar-refractivity contribution < 1.29 is 18.8 Å². The van der Waals surface area contributed by atoms with Crippen LogP contribution in [0.2, 0.25) is 0 Å². The Labute approximate surface area is 224 Å². The molecule has 0 saturated heterocycles. The zero-order valence-corrected chi connectivity index (χ0v) is 21.3. The lowest BCUT2D eigenvalue weighted by atomic mass is 9.99.